The van der Waals surface area contributed by atoms with Crippen LogP contribution >= 0.6 is 0 Å². The summed E-state index contributed by atoms with van der Waals surface area (Å²) in [4.78, 5) is 4.52. The first kappa shape index (κ1) is 36.6. The fourth-order valence-corrected chi connectivity index (χ4v) is 10.4. The minimum absolute atomic E-state index is 0.00859. The maximum absolute atomic E-state index is 10.3. The second-order valence-corrected chi connectivity index (χ2v) is 19.2. The van der Waals surface area contributed by atoms with Crippen molar-refractivity contribution in [2.24, 2.45) is 0 Å². The molecule has 0 spiro atoms. The van der Waals surface area contributed by atoms with Gasteiger partial charge >= 0.3 is 0 Å². The first-order valence-electron chi connectivity index (χ1n) is 31.5. The molecule has 5 heteroatoms. The van der Waals surface area contributed by atoms with Gasteiger partial charge in [0.25, 0.3) is 6.33 Å². The zero-order valence-electron chi connectivity index (χ0n) is 53.6. The normalized spacial score (nSPS) is 13.6. The quantitative estimate of drug-likeness (QED) is 0.0956. The molecule has 0 atom stereocenters. The number of imidazole rings is 1. The lowest BCUT2D eigenvalue weighted by molar-refractivity contribution is -0.571. The van der Waals surface area contributed by atoms with Crippen molar-refractivity contribution in [3.63, 3.8) is 0 Å². The molecule has 3 heterocycles. The van der Waals surface area contributed by atoms with Crippen LogP contribution in [-0.4, -0.2) is 14.1 Å². The van der Waals surface area contributed by atoms with E-state index in [1.165, 1.54) is 6.92 Å². The topological polar surface area (TPSA) is 35.9 Å². The van der Waals surface area contributed by atoms with Gasteiger partial charge in [-0.15, -0.1) is 0 Å². The van der Waals surface area contributed by atoms with Crippen LogP contribution in [0.5, 0.6) is 11.5 Å². The lowest BCUT2D eigenvalue weighted by Crippen LogP contribution is -2.31. The van der Waals surface area contributed by atoms with Crippen LogP contribution in [0.1, 0.15) is 26.2 Å². The minimum Gasteiger partial charge on any atom is -0.458 e. The average molecular weight is 1020 g/mol. The van der Waals surface area contributed by atoms with E-state index >= 15 is 0 Å². The maximum atomic E-state index is 10.3. The summed E-state index contributed by atoms with van der Waals surface area (Å²) >= 11 is 0. The van der Waals surface area contributed by atoms with E-state index in [4.69, 9.17) is 10.2 Å². The van der Waals surface area contributed by atoms with Gasteiger partial charge in [-0.2, -0.15) is 0 Å². The Bertz CT molecular complexity index is 4890. The van der Waals surface area contributed by atoms with Crippen molar-refractivity contribution in [3.05, 3.63) is 296 Å². The third-order valence-corrected chi connectivity index (χ3v) is 14.2. The molecule has 3 aromatic heterocycles. The zero-order valence-corrected chi connectivity index (χ0v) is 42.6. The first-order chi connectivity index (χ1) is 43.6. The van der Waals surface area contributed by atoms with E-state index in [0.717, 1.165) is 10.8 Å². The van der Waals surface area contributed by atoms with E-state index in [1.807, 2.05) is 240 Å². The predicted molar refractivity (Wildman–Crippen MR) is 324 cm³/mol. The molecule has 79 heavy (non-hydrogen) atoms. The number of fused-ring (bicyclic) bond motifs is 4. The number of benzene rings is 11. The molecule has 0 amide bonds. The molecule has 0 aliphatic carbocycles. The summed E-state index contributed by atoms with van der Waals surface area (Å²) < 4.78 is 116. The molecular formula is C74H52N4O. The van der Waals surface area contributed by atoms with E-state index in [-0.39, 0.29) is 76.5 Å². The standard InChI is InChI=1S/C74H52N4O/c1-50-39-73(75-48-51(50)2)78-69-34-16-15-31-67(69)68-38-37-64(47-72(68)78)79-63-30-19-29-62(46-63)76-49-77(71-36-18-17-35-70(71)76)74-65(60-42-56(52-21-7-3-8-22-52)40-57(43-60)53-23-9-4-10-24-53)32-20-33-66(74)61-44-58(54-25-11-5-12-26-54)41-59(45-61)55-27-13-6-14-28-55/h3-48H,1-2H3/i1D3,39D,40D,41D,42D,43D,44D,45D,48D. The molecule has 0 N–H and O–H groups in total. The average Bonchev–Trinajstić information content (AvgIpc) is 1.17. The molecule has 0 radical (unpaired) electrons. The number of hydrogen-bond donors (Lipinski definition) is 0. The van der Waals surface area contributed by atoms with Crippen molar-refractivity contribution in [2.45, 2.75) is 13.8 Å². The Kier molecular flexibility index (Phi) is 9.25. The summed E-state index contributed by atoms with van der Waals surface area (Å²) in [5.74, 6) is 0.863. The fraction of sp³-hybridized carbons (Fsp3) is 0.0270. The molecule has 14 aromatic rings. The third kappa shape index (κ3) is 8.83. The Labute approximate surface area is 475 Å². The van der Waals surface area contributed by atoms with E-state index in [1.54, 1.807) is 4.57 Å². The molecule has 374 valence electrons. The van der Waals surface area contributed by atoms with Crippen LogP contribution < -0.4 is 9.30 Å². The summed E-state index contributed by atoms with van der Waals surface area (Å²) in [6, 6.07) is 70.6. The highest BCUT2D eigenvalue weighted by Crippen LogP contribution is 2.42. The minimum atomic E-state index is -2.67. The number of para-hydroxylation sites is 4. The highest BCUT2D eigenvalue weighted by atomic mass is 16.5. The van der Waals surface area contributed by atoms with Gasteiger partial charge in [0.1, 0.15) is 17.3 Å². The monoisotopic (exact) mass is 1020 g/mol. The van der Waals surface area contributed by atoms with Crippen molar-refractivity contribution in [2.75, 3.05) is 0 Å². The molecule has 0 aliphatic heterocycles. The lowest BCUT2D eigenvalue weighted by atomic mass is 9.89. The van der Waals surface area contributed by atoms with Gasteiger partial charge in [-0.1, -0.05) is 188 Å². The van der Waals surface area contributed by atoms with Crippen LogP contribution in [0.15, 0.2) is 279 Å². The second kappa shape index (κ2) is 20.0. The first-order valence-corrected chi connectivity index (χ1v) is 26.0. The second-order valence-electron chi connectivity index (χ2n) is 19.2. The van der Waals surface area contributed by atoms with Gasteiger partial charge < -0.3 is 4.74 Å². The molecule has 0 fully saturated rings. The van der Waals surface area contributed by atoms with Gasteiger partial charge in [0.15, 0.2) is 0 Å². The van der Waals surface area contributed by atoms with Crippen LogP contribution in [0.25, 0.3) is 117 Å². The van der Waals surface area contributed by atoms with E-state index in [0.29, 0.717) is 101 Å². The van der Waals surface area contributed by atoms with E-state index in [9.17, 15) is 9.60 Å². The Hall–Kier alpha value is -10.4. The molecule has 0 bridgehead atoms. The molecular weight excluding hydrogens is 961 g/mol. The molecule has 11 aromatic carbocycles. The molecule has 0 unspecified atom stereocenters. The van der Waals surface area contributed by atoms with Gasteiger partial charge in [-0.25, -0.2) is 4.98 Å². The van der Waals surface area contributed by atoms with Gasteiger partial charge in [0.2, 0.25) is 0 Å². The van der Waals surface area contributed by atoms with Crippen LogP contribution in [0.3, 0.4) is 0 Å². The Balaban J connectivity index is 1.00. The highest BCUT2D eigenvalue weighted by molar-refractivity contribution is 6.09. The van der Waals surface area contributed by atoms with Gasteiger partial charge in [-0.05, 0) is 170 Å². The number of rotatable bonds is 11. The smallest absolute Gasteiger partial charge is 0.269 e. The van der Waals surface area contributed by atoms with Gasteiger partial charge in [0.05, 0.1) is 44.4 Å². The number of ether oxygens (including phenoxy) is 1. The largest absolute Gasteiger partial charge is 0.458 e. The highest BCUT2D eigenvalue weighted by Gasteiger charge is 2.23. The Morgan fingerprint density at radius 1 is 0.430 bits per heavy atom. The summed E-state index contributed by atoms with van der Waals surface area (Å²) in [5, 5.41) is 1.63. The molecule has 0 saturated carbocycles. The zero-order chi connectivity index (χ0) is 62.3. The number of nitrogens with zero attached hydrogens (tertiary/aromatic N) is 4. The van der Waals surface area contributed by atoms with Crippen molar-refractivity contribution in [3.8, 4) is 95.5 Å². The molecule has 0 aliphatic rings. The van der Waals surface area contributed by atoms with Crippen molar-refractivity contribution in [1.29, 1.82) is 0 Å². The van der Waals surface area contributed by atoms with E-state index < -0.39 is 6.85 Å². The number of pyridine rings is 1. The van der Waals surface area contributed by atoms with Crippen LogP contribution in [-0.2, 0) is 0 Å². The third-order valence-electron chi connectivity index (χ3n) is 14.2. The lowest BCUT2D eigenvalue weighted by Gasteiger charge is -2.20. The SMILES string of the molecule is [2H]c1nc(-n2c3ccccc3c3ccc(Oc4cccc(-n5[c-][n+](-c6c(-c7c([2H])c(-c8ccccc8)c([2H])c(-c8ccccc8)c7[2H])cccc6-c6c([2H])c(-c7ccccc7)c([2H])c(-c7ccccc7)c6[2H])c6ccccc65)c4)cc32)c([2H])c(C([2H])([2H])[2H])c1C. The molecule has 0 saturated heterocycles. The maximum Gasteiger partial charge on any atom is 0.269 e. The van der Waals surface area contributed by atoms with Crippen LogP contribution in [0, 0.1) is 20.1 Å². The van der Waals surface area contributed by atoms with Crippen molar-refractivity contribution >= 4 is 32.8 Å². The fourth-order valence-electron chi connectivity index (χ4n) is 10.4. The predicted octanol–water partition coefficient (Wildman–Crippen LogP) is 18.6. The number of hydrogen-bond acceptors (Lipinski definition) is 2. The molecule has 14 rings (SSSR count). The van der Waals surface area contributed by atoms with Gasteiger partial charge in [-0.3, -0.25) is 13.7 Å². The van der Waals surface area contributed by atoms with Crippen LogP contribution in [0.2, 0.25) is 0 Å². The number of aromatic nitrogens is 4. The summed E-state index contributed by atoms with van der Waals surface area (Å²) in [7, 11) is 0. The van der Waals surface area contributed by atoms with Crippen molar-refractivity contribution < 1.29 is 24.4 Å². The summed E-state index contributed by atoms with van der Waals surface area (Å²) in [6.45, 7) is -1.17. The van der Waals surface area contributed by atoms with Crippen molar-refractivity contribution in [1.82, 2.24) is 14.1 Å². The summed E-state index contributed by atoms with van der Waals surface area (Å²) in [6.07, 6.45) is 3.45. The van der Waals surface area contributed by atoms with E-state index in [2.05, 4.69) is 11.3 Å². The molecule has 5 nitrogen and oxygen atoms in total. The Morgan fingerprint density at radius 2 is 0.924 bits per heavy atom. The summed E-state index contributed by atoms with van der Waals surface area (Å²) in [5.41, 5.74) is 8.44. The van der Waals surface area contributed by atoms with Gasteiger partial charge in [0, 0.05) is 27.1 Å². The van der Waals surface area contributed by atoms with Crippen LogP contribution in [0.4, 0.5) is 0 Å². The Morgan fingerprint density at radius 3 is 1.51 bits per heavy atom.